The number of halogens is 1. The molecule has 0 aliphatic carbocycles. The summed E-state index contributed by atoms with van der Waals surface area (Å²) in [6.45, 7) is 7.13. The zero-order chi connectivity index (χ0) is 18.4. The predicted octanol–water partition coefficient (Wildman–Crippen LogP) is 4.85. The van der Waals surface area contributed by atoms with E-state index >= 15 is 0 Å². The summed E-state index contributed by atoms with van der Waals surface area (Å²) in [5, 5.41) is 4.62. The molecule has 0 saturated heterocycles. The molecule has 0 saturated carbocycles. The van der Waals surface area contributed by atoms with Crippen LogP contribution in [0.25, 0.3) is 0 Å². The molecule has 0 fully saturated rings. The van der Waals surface area contributed by atoms with Gasteiger partial charge in [-0.2, -0.15) is 5.10 Å². The molecule has 5 nitrogen and oxygen atoms in total. The Kier molecular flexibility index (Phi) is 7.49. The standard InChI is InChI=1S/C17H26ClN3O2S2/c1-4-7-11-21-12-10-14(19-21)17(13(5-2)6-3)20-25(22,23)16-9-8-15(18)24-16/h8-10,12-13,17,20H,4-7,11H2,1-3H3. The molecular formula is C17H26ClN3O2S2. The molecule has 2 heterocycles. The lowest BCUT2D eigenvalue weighted by molar-refractivity contribution is 0.368. The van der Waals surface area contributed by atoms with E-state index in [1.807, 2.05) is 16.9 Å². The molecule has 2 aromatic heterocycles. The highest BCUT2D eigenvalue weighted by molar-refractivity contribution is 7.91. The molecule has 1 atom stereocenters. The Bertz CT molecular complexity index is 766. The molecule has 0 aromatic carbocycles. The monoisotopic (exact) mass is 403 g/mol. The Morgan fingerprint density at radius 1 is 1.24 bits per heavy atom. The quantitative estimate of drug-likeness (QED) is 0.616. The fraction of sp³-hybridized carbons (Fsp3) is 0.588. The molecule has 0 bridgehead atoms. The summed E-state index contributed by atoms with van der Waals surface area (Å²) in [4.78, 5) is 0. The van der Waals surface area contributed by atoms with E-state index in [2.05, 4.69) is 30.6 Å². The molecular weight excluding hydrogens is 378 g/mol. The largest absolute Gasteiger partial charge is 0.272 e. The SMILES string of the molecule is CCCCn1ccc(C(NS(=O)(=O)c2ccc(Cl)s2)C(CC)CC)n1. The highest BCUT2D eigenvalue weighted by Crippen LogP contribution is 2.31. The number of hydrogen-bond donors (Lipinski definition) is 1. The minimum atomic E-state index is -3.62. The minimum Gasteiger partial charge on any atom is -0.272 e. The smallest absolute Gasteiger partial charge is 0.250 e. The maximum atomic E-state index is 12.8. The third-order valence-electron chi connectivity index (χ3n) is 4.34. The Morgan fingerprint density at radius 2 is 1.96 bits per heavy atom. The molecule has 1 N–H and O–H groups in total. The summed E-state index contributed by atoms with van der Waals surface area (Å²) < 4.78 is 30.9. The topological polar surface area (TPSA) is 64.0 Å². The van der Waals surface area contributed by atoms with E-state index in [0.29, 0.717) is 4.34 Å². The van der Waals surface area contributed by atoms with Crippen LogP contribution in [0.1, 0.15) is 58.2 Å². The van der Waals surface area contributed by atoms with Gasteiger partial charge in [0.1, 0.15) is 4.21 Å². The molecule has 2 aromatic rings. The average Bonchev–Trinajstić information content (AvgIpc) is 3.22. The number of aryl methyl sites for hydroxylation is 1. The van der Waals surface area contributed by atoms with Crippen molar-refractivity contribution in [2.75, 3.05) is 0 Å². The van der Waals surface area contributed by atoms with Gasteiger partial charge in [0.15, 0.2) is 0 Å². The molecule has 2 rings (SSSR count). The molecule has 0 amide bonds. The van der Waals surface area contributed by atoms with Crippen LogP contribution in [0.2, 0.25) is 4.34 Å². The summed E-state index contributed by atoms with van der Waals surface area (Å²) in [6.07, 6.45) is 5.82. The lowest BCUT2D eigenvalue weighted by Crippen LogP contribution is -2.33. The van der Waals surface area contributed by atoms with Crippen LogP contribution < -0.4 is 4.72 Å². The van der Waals surface area contributed by atoms with Gasteiger partial charge in [0.2, 0.25) is 0 Å². The van der Waals surface area contributed by atoms with Crippen LogP contribution in [0.5, 0.6) is 0 Å². The predicted molar refractivity (Wildman–Crippen MR) is 104 cm³/mol. The minimum absolute atomic E-state index is 0.180. The number of nitrogens with one attached hydrogen (secondary N) is 1. The van der Waals surface area contributed by atoms with Crippen molar-refractivity contribution in [3.8, 4) is 0 Å². The normalized spacial score (nSPS) is 13.5. The van der Waals surface area contributed by atoms with E-state index in [1.54, 1.807) is 12.1 Å². The molecule has 8 heteroatoms. The molecule has 0 aliphatic rings. The van der Waals surface area contributed by atoms with Crippen molar-refractivity contribution in [1.29, 1.82) is 0 Å². The van der Waals surface area contributed by atoms with Gasteiger partial charge in [0, 0.05) is 12.7 Å². The first kappa shape index (κ1) is 20.4. The number of aromatic nitrogens is 2. The van der Waals surface area contributed by atoms with Crippen LogP contribution in [0, 0.1) is 5.92 Å². The zero-order valence-electron chi connectivity index (χ0n) is 14.9. The lowest BCUT2D eigenvalue weighted by atomic mass is 9.93. The third kappa shape index (κ3) is 5.29. The fourth-order valence-corrected chi connectivity index (χ4v) is 5.59. The van der Waals surface area contributed by atoms with Crippen molar-refractivity contribution in [3.63, 3.8) is 0 Å². The van der Waals surface area contributed by atoms with Crippen molar-refractivity contribution in [1.82, 2.24) is 14.5 Å². The summed E-state index contributed by atoms with van der Waals surface area (Å²) in [6, 6.07) is 4.72. The van der Waals surface area contributed by atoms with Gasteiger partial charge in [-0.3, -0.25) is 4.68 Å². The molecule has 140 valence electrons. The number of thiophene rings is 1. The summed E-state index contributed by atoms with van der Waals surface area (Å²) in [5.74, 6) is 0.180. The molecule has 25 heavy (non-hydrogen) atoms. The number of rotatable bonds is 10. The number of hydrogen-bond acceptors (Lipinski definition) is 4. The molecule has 0 aliphatic heterocycles. The van der Waals surface area contributed by atoms with Crippen molar-refractivity contribution < 1.29 is 8.42 Å². The van der Waals surface area contributed by atoms with Gasteiger partial charge in [-0.1, -0.05) is 51.6 Å². The second-order valence-corrected chi connectivity index (χ2v) is 9.75. The van der Waals surface area contributed by atoms with Gasteiger partial charge >= 0.3 is 0 Å². The molecule has 0 spiro atoms. The highest BCUT2D eigenvalue weighted by Gasteiger charge is 2.29. The zero-order valence-corrected chi connectivity index (χ0v) is 17.3. The van der Waals surface area contributed by atoms with Crippen LogP contribution in [0.4, 0.5) is 0 Å². The first-order valence-corrected chi connectivity index (χ1v) is 11.4. The number of unbranched alkanes of at least 4 members (excludes halogenated alkanes) is 1. The Labute approximate surface area is 159 Å². The Balaban J connectivity index is 2.28. The number of nitrogens with zero attached hydrogens (tertiary/aromatic N) is 2. The van der Waals surface area contributed by atoms with Crippen molar-refractivity contribution in [2.24, 2.45) is 5.92 Å². The van der Waals surface area contributed by atoms with Crippen molar-refractivity contribution >= 4 is 33.0 Å². The van der Waals surface area contributed by atoms with E-state index in [4.69, 9.17) is 11.6 Å². The highest BCUT2D eigenvalue weighted by atomic mass is 35.5. The fourth-order valence-electron chi connectivity index (χ4n) is 2.81. The lowest BCUT2D eigenvalue weighted by Gasteiger charge is -2.24. The van der Waals surface area contributed by atoms with E-state index in [0.717, 1.165) is 49.3 Å². The van der Waals surface area contributed by atoms with Gasteiger partial charge < -0.3 is 0 Å². The summed E-state index contributed by atoms with van der Waals surface area (Å²) in [7, 11) is -3.62. The first-order chi connectivity index (χ1) is 11.9. The van der Waals surface area contributed by atoms with E-state index < -0.39 is 10.0 Å². The van der Waals surface area contributed by atoms with Crippen molar-refractivity contribution in [2.45, 2.75) is 63.3 Å². The van der Waals surface area contributed by atoms with Crippen LogP contribution in [-0.2, 0) is 16.6 Å². The van der Waals surface area contributed by atoms with E-state index in [9.17, 15) is 8.42 Å². The van der Waals surface area contributed by atoms with E-state index in [1.165, 1.54) is 0 Å². The molecule has 1 unspecified atom stereocenters. The first-order valence-electron chi connectivity index (χ1n) is 8.72. The van der Waals surface area contributed by atoms with Gasteiger partial charge in [-0.05, 0) is 30.5 Å². The maximum absolute atomic E-state index is 12.8. The maximum Gasteiger partial charge on any atom is 0.250 e. The second-order valence-electron chi connectivity index (χ2n) is 6.09. The van der Waals surface area contributed by atoms with Gasteiger partial charge in [-0.15, -0.1) is 11.3 Å². The van der Waals surface area contributed by atoms with Crippen LogP contribution in [0.15, 0.2) is 28.6 Å². The summed E-state index contributed by atoms with van der Waals surface area (Å²) in [5.41, 5.74) is 0.774. The van der Waals surface area contributed by atoms with Gasteiger partial charge in [0.05, 0.1) is 16.1 Å². The van der Waals surface area contributed by atoms with Crippen LogP contribution in [0.3, 0.4) is 0 Å². The van der Waals surface area contributed by atoms with Gasteiger partial charge in [-0.25, -0.2) is 13.1 Å². The molecule has 0 radical (unpaired) electrons. The average molecular weight is 404 g/mol. The third-order valence-corrected chi connectivity index (χ3v) is 7.50. The van der Waals surface area contributed by atoms with E-state index in [-0.39, 0.29) is 16.2 Å². The van der Waals surface area contributed by atoms with Crippen LogP contribution in [-0.4, -0.2) is 18.2 Å². The Morgan fingerprint density at radius 3 is 2.52 bits per heavy atom. The van der Waals surface area contributed by atoms with Crippen molar-refractivity contribution in [3.05, 3.63) is 34.4 Å². The Hall–Kier alpha value is -0.890. The second kappa shape index (κ2) is 9.16. The summed E-state index contributed by atoms with van der Waals surface area (Å²) >= 11 is 6.96. The number of sulfonamides is 1. The van der Waals surface area contributed by atoms with Crippen LogP contribution >= 0.6 is 22.9 Å². The van der Waals surface area contributed by atoms with Gasteiger partial charge in [0.25, 0.3) is 10.0 Å².